The number of aliphatic hydroxyl groups is 1. The van der Waals surface area contributed by atoms with E-state index in [1.807, 2.05) is 57.2 Å². The van der Waals surface area contributed by atoms with E-state index in [-0.39, 0.29) is 0 Å². The van der Waals surface area contributed by atoms with Crippen LogP contribution in [0.5, 0.6) is 0 Å². The number of carbonyl (C=O) groups is 1. The zero-order valence-corrected chi connectivity index (χ0v) is 15.3. The Morgan fingerprint density at radius 2 is 1.92 bits per heavy atom. The molecule has 2 nitrogen and oxygen atoms in total. The lowest BCUT2D eigenvalue weighted by molar-refractivity contribution is 0.0776. The van der Waals surface area contributed by atoms with Crippen LogP contribution in [0.3, 0.4) is 0 Å². The predicted molar refractivity (Wildman–Crippen MR) is 102 cm³/mol. The van der Waals surface area contributed by atoms with Crippen molar-refractivity contribution in [2.75, 3.05) is 0 Å². The van der Waals surface area contributed by atoms with Crippen molar-refractivity contribution < 1.29 is 9.90 Å². The third kappa shape index (κ3) is 4.96. The standard InChI is InChI=1S/C21H25O2S/c1-4-24-20(18-10-7-8-16(14-18)15-22)13-12-17-9-5-6-11-19(17)21(2,3)23/h4-11,14-15,20,23H,12-13H2,1-3H3/t20-/m1/s1. The Bertz CT molecular complexity index is 674. The van der Waals surface area contributed by atoms with Crippen molar-refractivity contribution in [2.45, 2.75) is 44.5 Å². The van der Waals surface area contributed by atoms with E-state index >= 15 is 0 Å². The maximum Gasteiger partial charge on any atom is 0.150 e. The molecule has 0 saturated heterocycles. The van der Waals surface area contributed by atoms with Gasteiger partial charge in [-0.25, -0.2) is 0 Å². The molecule has 3 heteroatoms. The van der Waals surface area contributed by atoms with Crippen LogP contribution in [0.25, 0.3) is 0 Å². The molecule has 0 aliphatic carbocycles. The van der Waals surface area contributed by atoms with Crippen LogP contribution in [-0.2, 0) is 12.0 Å². The molecule has 2 aromatic carbocycles. The van der Waals surface area contributed by atoms with E-state index in [2.05, 4.69) is 17.9 Å². The molecule has 1 N–H and O–H groups in total. The van der Waals surface area contributed by atoms with Gasteiger partial charge in [0.1, 0.15) is 6.29 Å². The second-order valence-electron chi connectivity index (χ2n) is 6.40. The second kappa shape index (κ2) is 8.50. The lowest BCUT2D eigenvalue weighted by Crippen LogP contribution is -2.18. The molecule has 24 heavy (non-hydrogen) atoms. The molecule has 1 atom stereocenters. The molecule has 0 bridgehead atoms. The number of aryl methyl sites for hydroxylation is 1. The summed E-state index contributed by atoms with van der Waals surface area (Å²) in [6, 6.07) is 15.9. The molecule has 2 aromatic rings. The summed E-state index contributed by atoms with van der Waals surface area (Å²) in [4.78, 5) is 11.0. The van der Waals surface area contributed by atoms with Crippen molar-refractivity contribution >= 4 is 18.0 Å². The molecule has 0 amide bonds. The number of hydrogen-bond donors (Lipinski definition) is 1. The normalized spacial score (nSPS) is 12.8. The number of carbonyl (C=O) groups excluding carboxylic acids is 1. The zero-order chi connectivity index (χ0) is 17.6. The van der Waals surface area contributed by atoms with E-state index < -0.39 is 5.60 Å². The molecule has 2 rings (SSSR count). The number of rotatable bonds is 8. The molecule has 0 aliphatic rings. The molecule has 0 heterocycles. The highest BCUT2D eigenvalue weighted by atomic mass is 32.2. The monoisotopic (exact) mass is 341 g/mol. The van der Waals surface area contributed by atoms with Crippen LogP contribution in [0.1, 0.15) is 59.5 Å². The Kier molecular flexibility index (Phi) is 6.64. The summed E-state index contributed by atoms with van der Waals surface area (Å²) in [6.45, 7) is 5.68. The fourth-order valence-electron chi connectivity index (χ4n) is 2.93. The molecule has 0 spiro atoms. The molecule has 127 valence electrons. The molecule has 0 saturated carbocycles. The highest BCUT2D eigenvalue weighted by molar-refractivity contribution is 8.01. The summed E-state index contributed by atoms with van der Waals surface area (Å²) in [7, 11) is 0. The highest BCUT2D eigenvalue weighted by Crippen LogP contribution is 2.36. The van der Waals surface area contributed by atoms with E-state index in [0.29, 0.717) is 10.8 Å². The fourth-order valence-corrected chi connectivity index (χ4v) is 3.82. The van der Waals surface area contributed by atoms with Crippen LogP contribution in [0, 0.1) is 5.75 Å². The van der Waals surface area contributed by atoms with Crippen molar-refractivity contribution in [1.82, 2.24) is 0 Å². The SMILES string of the molecule is C[CH]S[C@H](CCc1ccccc1C(C)(C)O)c1cccc(C=O)c1. The van der Waals surface area contributed by atoms with Gasteiger partial charge in [-0.3, -0.25) is 4.79 Å². The van der Waals surface area contributed by atoms with Crippen molar-refractivity contribution in [3.05, 3.63) is 76.5 Å². The average Bonchev–Trinajstić information content (AvgIpc) is 2.58. The van der Waals surface area contributed by atoms with Crippen LogP contribution in [0.2, 0.25) is 0 Å². The maximum atomic E-state index is 11.0. The first-order chi connectivity index (χ1) is 11.5. The molecule has 0 unspecified atom stereocenters. The van der Waals surface area contributed by atoms with E-state index in [1.54, 1.807) is 11.8 Å². The van der Waals surface area contributed by atoms with Crippen molar-refractivity contribution in [3.63, 3.8) is 0 Å². The predicted octanol–water partition coefficient (Wildman–Crippen LogP) is 5.32. The fraction of sp³-hybridized carbons (Fsp3) is 0.333. The second-order valence-corrected chi connectivity index (χ2v) is 7.72. The average molecular weight is 341 g/mol. The lowest BCUT2D eigenvalue weighted by Gasteiger charge is -2.23. The maximum absolute atomic E-state index is 11.0. The Labute approximate surface area is 149 Å². The van der Waals surface area contributed by atoms with Gasteiger partial charge >= 0.3 is 0 Å². The summed E-state index contributed by atoms with van der Waals surface area (Å²) in [5.41, 5.74) is 3.21. The molecule has 0 fully saturated rings. The molecular formula is C21H25O2S. The number of aldehydes is 1. The number of thioether (sulfide) groups is 1. The molecule has 0 aromatic heterocycles. The summed E-state index contributed by atoms with van der Waals surface area (Å²) in [5.74, 6) is 2.10. The van der Waals surface area contributed by atoms with Gasteiger partial charge in [-0.15, -0.1) is 11.8 Å². The van der Waals surface area contributed by atoms with Crippen LogP contribution in [0.15, 0.2) is 48.5 Å². The van der Waals surface area contributed by atoms with E-state index in [1.165, 1.54) is 11.1 Å². The summed E-state index contributed by atoms with van der Waals surface area (Å²) in [6.07, 6.45) is 2.73. The van der Waals surface area contributed by atoms with Crippen molar-refractivity contribution in [1.29, 1.82) is 0 Å². The van der Waals surface area contributed by atoms with Crippen LogP contribution in [-0.4, -0.2) is 11.4 Å². The zero-order valence-electron chi connectivity index (χ0n) is 14.5. The minimum atomic E-state index is -0.840. The van der Waals surface area contributed by atoms with Crippen LogP contribution >= 0.6 is 11.8 Å². The summed E-state index contributed by atoms with van der Waals surface area (Å²) < 4.78 is 0. The Morgan fingerprint density at radius 3 is 2.58 bits per heavy atom. The van der Waals surface area contributed by atoms with Gasteiger partial charge in [0.15, 0.2) is 0 Å². The van der Waals surface area contributed by atoms with Gasteiger partial charge in [-0.1, -0.05) is 49.4 Å². The van der Waals surface area contributed by atoms with Gasteiger partial charge in [0.25, 0.3) is 0 Å². The van der Waals surface area contributed by atoms with Crippen molar-refractivity contribution in [3.8, 4) is 0 Å². The highest BCUT2D eigenvalue weighted by Gasteiger charge is 2.20. The Balaban J connectivity index is 2.19. The topological polar surface area (TPSA) is 37.3 Å². The largest absolute Gasteiger partial charge is 0.386 e. The van der Waals surface area contributed by atoms with Crippen LogP contribution < -0.4 is 0 Å². The van der Waals surface area contributed by atoms with Gasteiger partial charge in [-0.2, -0.15) is 0 Å². The minimum absolute atomic E-state index is 0.296. The Morgan fingerprint density at radius 1 is 1.17 bits per heavy atom. The van der Waals surface area contributed by atoms with E-state index in [9.17, 15) is 9.90 Å². The molecule has 1 radical (unpaired) electrons. The first kappa shape index (κ1) is 18.8. The third-order valence-corrected chi connectivity index (χ3v) is 5.18. The van der Waals surface area contributed by atoms with Crippen LogP contribution in [0.4, 0.5) is 0 Å². The molecular weight excluding hydrogens is 316 g/mol. The van der Waals surface area contributed by atoms with Gasteiger partial charge in [0.2, 0.25) is 0 Å². The number of hydrogen-bond acceptors (Lipinski definition) is 3. The van der Waals surface area contributed by atoms with E-state index in [4.69, 9.17) is 0 Å². The van der Waals surface area contributed by atoms with Gasteiger partial charge in [0, 0.05) is 16.6 Å². The van der Waals surface area contributed by atoms with Crippen molar-refractivity contribution in [2.24, 2.45) is 0 Å². The third-order valence-electron chi connectivity index (χ3n) is 4.07. The smallest absolute Gasteiger partial charge is 0.150 e. The summed E-state index contributed by atoms with van der Waals surface area (Å²) >= 11 is 1.78. The number of benzene rings is 2. The first-order valence-corrected chi connectivity index (χ1v) is 9.19. The Hall–Kier alpha value is -1.58. The van der Waals surface area contributed by atoms with Gasteiger partial charge in [0.05, 0.1) is 5.60 Å². The molecule has 0 aliphatic heterocycles. The van der Waals surface area contributed by atoms with Gasteiger partial charge in [-0.05, 0) is 49.4 Å². The lowest BCUT2D eigenvalue weighted by atomic mass is 9.90. The van der Waals surface area contributed by atoms with E-state index in [0.717, 1.165) is 24.7 Å². The first-order valence-electron chi connectivity index (χ1n) is 8.25. The summed E-state index contributed by atoms with van der Waals surface area (Å²) in [5, 5.41) is 10.7. The quantitative estimate of drug-likeness (QED) is 0.661. The van der Waals surface area contributed by atoms with Gasteiger partial charge < -0.3 is 5.11 Å². The minimum Gasteiger partial charge on any atom is -0.386 e.